The molecule has 1 fully saturated rings. The number of anilines is 1. The molecule has 2 amide bonds. The summed E-state index contributed by atoms with van der Waals surface area (Å²) in [6.07, 6.45) is 0. The van der Waals surface area contributed by atoms with Crippen LogP contribution in [0.5, 0.6) is 0 Å². The first-order valence-corrected chi connectivity index (χ1v) is 8.30. The van der Waals surface area contributed by atoms with Gasteiger partial charge in [0.1, 0.15) is 6.04 Å². The topological polar surface area (TPSA) is 40.6 Å². The third kappa shape index (κ3) is 3.15. The molecule has 0 aromatic heterocycles. The first-order valence-electron chi connectivity index (χ1n) is 7.51. The highest BCUT2D eigenvalue weighted by Crippen LogP contribution is 2.23. The van der Waals surface area contributed by atoms with Crippen molar-refractivity contribution >= 4 is 33.4 Å². The summed E-state index contributed by atoms with van der Waals surface area (Å²) in [5.74, 6) is -0.148. The zero-order chi connectivity index (χ0) is 16.4. The lowest BCUT2D eigenvalue weighted by Crippen LogP contribution is -2.57. The largest absolute Gasteiger partial charge is 0.325 e. The van der Waals surface area contributed by atoms with E-state index in [0.29, 0.717) is 18.7 Å². The lowest BCUT2D eigenvalue weighted by atomic mass is 10.1. The molecular formula is C18H17BrN2O2. The molecule has 118 valence electrons. The van der Waals surface area contributed by atoms with Gasteiger partial charge in [0, 0.05) is 28.8 Å². The highest BCUT2D eigenvalue weighted by Gasteiger charge is 2.35. The predicted octanol–water partition coefficient (Wildman–Crippen LogP) is 3.33. The molecule has 0 bridgehead atoms. The van der Waals surface area contributed by atoms with E-state index in [1.54, 1.807) is 28.9 Å². The van der Waals surface area contributed by atoms with Crippen LogP contribution in [0.1, 0.15) is 17.3 Å². The number of carbonyl (C=O) groups is 2. The summed E-state index contributed by atoms with van der Waals surface area (Å²) < 4.78 is 0.972. The van der Waals surface area contributed by atoms with Crippen molar-refractivity contribution in [3.63, 3.8) is 0 Å². The molecule has 2 aromatic rings. The van der Waals surface area contributed by atoms with E-state index in [-0.39, 0.29) is 11.8 Å². The Labute approximate surface area is 143 Å². The van der Waals surface area contributed by atoms with Gasteiger partial charge in [-0.3, -0.25) is 9.59 Å². The lowest BCUT2D eigenvalue weighted by molar-refractivity contribution is -0.124. The maximum absolute atomic E-state index is 12.7. The number of benzene rings is 2. The number of hydrogen-bond donors (Lipinski definition) is 0. The van der Waals surface area contributed by atoms with E-state index in [0.717, 1.165) is 10.2 Å². The highest BCUT2D eigenvalue weighted by atomic mass is 79.9. The Morgan fingerprint density at radius 2 is 1.70 bits per heavy atom. The SMILES string of the molecule is CC1C(=O)N(c2ccc(Br)cc2)CCN1C(=O)c1ccccc1. The smallest absolute Gasteiger partial charge is 0.254 e. The van der Waals surface area contributed by atoms with Gasteiger partial charge in [-0.1, -0.05) is 34.1 Å². The van der Waals surface area contributed by atoms with E-state index < -0.39 is 6.04 Å². The van der Waals surface area contributed by atoms with E-state index in [9.17, 15) is 9.59 Å². The Kier molecular flexibility index (Phi) is 4.48. The molecule has 5 heteroatoms. The third-order valence-corrected chi connectivity index (χ3v) is 4.60. The number of halogens is 1. The van der Waals surface area contributed by atoms with Crippen molar-refractivity contribution in [2.75, 3.05) is 18.0 Å². The normalized spacial score (nSPS) is 18.2. The van der Waals surface area contributed by atoms with Gasteiger partial charge in [-0.2, -0.15) is 0 Å². The molecule has 2 aromatic carbocycles. The van der Waals surface area contributed by atoms with E-state index >= 15 is 0 Å². The number of carbonyl (C=O) groups excluding carboxylic acids is 2. The Bertz CT molecular complexity index is 716. The van der Waals surface area contributed by atoms with Crippen molar-refractivity contribution in [1.82, 2.24) is 4.90 Å². The molecule has 0 saturated carbocycles. The molecule has 1 saturated heterocycles. The Balaban J connectivity index is 1.79. The first kappa shape index (κ1) is 15.7. The van der Waals surface area contributed by atoms with Crippen LogP contribution in [0.25, 0.3) is 0 Å². The summed E-state index contributed by atoms with van der Waals surface area (Å²) in [5.41, 5.74) is 1.47. The minimum absolute atomic E-state index is 0.0529. The average molecular weight is 373 g/mol. The minimum atomic E-state index is -0.472. The van der Waals surface area contributed by atoms with Crippen LogP contribution in [0, 0.1) is 0 Å². The minimum Gasteiger partial charge on any atom is -0.325 e. The van der Waals surface area contributed by atoms with Gasteiger partial charge in [-0.05, 0) is 43.3 Å². The summed E-state index contributed by atoms with van der Waals surface area (Å²) in [4.78, 5) is 28.7. The highest BCUT2D eigenvalue weighted by molar-refractivity contribution is 9.10. The number of nitrogens with zero attached hydrogens (tertiary/aromatic N) is 2. The van der Waals surface area contributed by atoms with Crippen LogP contribution >= 0.6 is 15.9 Å². The molecule has 0 N–H and O–H groups in total. The summed E-state index contributed by atoms with van der Waals surface area (Å²) in [6.45, 7) is 2.81. The second-order valence-electron chi connectivity index (χ2n) is 5.51. The molecular weight excluding hydrogens is 356 g/mol. The molecule has 1 unspecified atom stereocenters. The van der Waals surface area contributed by atoms with Crippen molar-refractivity contribution in [1.29, 1.82) is 0 Å². The molecule has 1 heterocycles. The summed E-state index contributed by atoms with van der Waals surface area (Å²) in [5, 5.41) is 0. The lowest BCUT2D eigenvalue weighted by Gasteiger charge is -2.39. The summed E-state index contributed by atoms with van der Waals surface area (Å²) >= 11 is 3.39. The third-order valence-electron chi connectivity index (χ3n) is 4.08. The van der Waals surface area contributed by atoms with Gasteiger partial charge < -0.3 is 9.80 Å². The quantitative estimate of drug-likeness (QED) is 0.810. The fourth-order valence-electron chi connectivity index (χ4n) is 2.77. The number of piperazine rings is 1. The van der Waals surface area contributed by atoms with Crippen LogP contribution in [-0.2, 0) is 4.79 Å². The van der Waals surface area contributed by atoms with Crippen LogP contribution in [0.15, 0.2) is 59.1 Å². The van der Waals surface area contributed by atoms with Crippen molar-refractivity contribution in [2.24, 2.45) is 0 Å². The van der Waals surface area contributed by atoms with E-state index in [1.165, 1.54) is 0 Å². The zero-order valence-electron chi connectivity index (χ0n) is 12.8. The van der Waals surface area contributed by atoms with E-state index in [2.05, 4.69) is 15.9 Å². The van der Waals surface area contributed by atoms with Gasteiger partial charge >= 0.3 is 0 Å². The van der Waals surface area contributed by atoms with Gasteiger partial charge in [-0.15, -0.1) is 0 Å². The first-order chi connectivity index (χ1) is 11.1. The summed E-state index contributed by atoms with van der Waals surface area (Å²) in [6, 6.07) is 16.3. The second kappa shape index (κ2) is 6.54. The number of hydrogen-bond acceptors (Lipinski definition) is 2. The van der Waals surface area contributed by atoms with Gasteiger partial charge in [0.2, 0.25) is 5.91 Å². The van der Waals surface area contributed by atoms with Crippen molar-refractivity contribution in [3.05, 3.63) is 64.6 Å². The molecule has 23 heavy (non-hydrogen) atoms. The molecule has 1 aliphatic rings. The van der Waals surface area contributed by atoms with Crippen LogP contribution < -0.4 is 4.90 Å². The molecule has 0 radical (unpaired) electrons. The van der Waals surface area contributed by atoms with Crippen LogP contribution in [0.4, 0.5) is 5.69 Å². The van der Waals surface area contributed by atoms with Gasteiger partial charge in [-0.25, -0.2) is 0 Å². The van der Waals surface area contributed by atoms with Crippen LogP contribution in [-0.4, -0.2) is 35.8 Å². The van der Waals surface area contributed by atoms with Gasteiger partial charge in [0.15, 0.2) is 0 Å². The zero-order valence-corrected chi connectivity index (χ0v) is 14.4. The molecule has 1 aliphatic heterocycles. The molecule has 0 spiro atoms. The second-order valence-corrected chi connectivity index (χ2v) is 6.42. The van der Waals surface area contributed by atoms with Crippen molar-refractivity contribution in [2.45, 2.75) is 13.0 Å². The molecule has 3 rings (SSSR count). The maximum Gasteiger partial charge on any atom is 0.254 e. The summed E-state index contributed by atoms with van der Waals surface area (Å²) in [7, 11) is 0. The fourth-order valence-corrected chi connectivity index (χ4v) is 3.04. The Hall–Kier alpha value is -2.14. The van der Waals surface area contributed by atoms with Gasteiger partial charge in [0.25, 0.3) is 5.91 Å². The van der Waals surface area contributed by atoms with Crippen molar-refractivity contribution < 1.29 is 9.59 Å². The standard InChI is InChI=1S/C18H17BrN2O2/c1-13-17(22)21(16-9-7-15(19)8-10-16)12-11-20(13)18(23)14-5-3-2-4-6-14/h2-10,13H,11-12H2,1H3. The monoisotopic (exact) mass is 372 g/mol. The van der Waals surface area contributed by atoms with Gasteiger partial charge in [0.05, 0.1) is 0 Å². The average Bonchev–Trinajstić information content (AvgIpc) is 2.58. The van der Waals surface area contributed by atoms with E-state index in [4.69, 9.17) is 0 Å². The van der Waals surface area contributed by atoms with E-state index in [1.807, 2.05) is 42.5 Å². The molecule has 0 aliphatic carbocycles. The van der Waals surface area contributed by atoms with Crippen molar-refractivity contribution in [3.8, 4) is 0 Å². The Morgan fingerprint density at radius 3 is 2.35 bits per heavy atom. The van der Waals surface area contributed by atoms with Crippen LogP contribution in [0.2, 0.25) is 0 Å². The molecule has 1 atom stereocenters. The maximum atomic E-state index is 12.7. The predicted molar refractivity (Wildman–Crippen MR) is 93.4 cm³/mol. The number of amides is 2. The fraction of sp³-hybridized carbons (Fsp3) is 0.222. The number of rotatable bonds is 2. The van der Waals surface area contributed by atoms with Crippen LogP contribution in [0.3, 0.4) is 0 Å². The molecule has 4 nitrogen and oxygen atoms in total. The Morgan fingerprint density at radius 1 is 1.04 bits per heavy atom.